The van der Waals surface area contributed by atoms with Crippen molar-refractivity contribution in [1.82, 2.24) is 30.0 Å². The monoisotopic (exact) mass is 381 g/mol. The predicted octanol–water partition coefficient (Wildman–Crippen LogP) is 0.782. The average molecular weight is 381 g/mol. The molecule has 1 aromatic rings. The van der Waals surface area contributed by atoms with Crippen molar-refractivity contribution in [1.29, 1.82) is 0 Å². The van der Waals surface area contributed by atoms with Crippen molar-refractivity contribution in [2.75, 3.05) is 20.1 Å². The molecule has 0 spiro atoms. The van der Waals surface area contributed by atoms with Crippen LogP contribution in [0, 0.1) is 5.92 Å². The van der Waals surface area contributed by atoms with E-state index in [0.29, 0.717) is 11.4 Å². The number of benzene rings is 1. The zero-order chi connectivity index (χ0) is 19.7. The topological polar surface area (TPSA) is 122 Å². The van der Waals surface area contributed by atoms with Gasteiger partial charge in [0.1, 0.15) is 11.9 Å². The van der Waals surface area contributed by atoms with Gasteiger partial charge in [0.2, 0.25) is 0 Å². The van der Waals surface area contributed by atoms with Gasteiger partial charge in [0.25, 0.3) is 5.56 Å². The van der Waals surface area contributed by atoms with Gasteiger partial charge in [0.15, 0.2) is 11.5 Å². The van der Waals surface area contributed by atoms with Gasteiger partial charge >= 0.3 is 6.03 Å². The normalized spacial score (nSPS) is 18.0. The summed E-state index contributed by atoms with van der Waals surface area (Å²) >= 11 is 0. The number of carbonyl (C=O) groups excluding carboxylic acids is 1. The summed E-state index contributed by atoms with van der Waals surface area (Å²) in [5, 5.41) is 6.14. The first-order valence-corrected chi connectivity index (χ1v) is 9.25. The van der Waals surface area contributed by atoms with Crippen molar-refractivity contribution in [2.24, 2.45) is 11.7 Å². The summed E-state index contributed by atoms with van der Waals surface area (Å²) < 4.78 is 1.75. The van der Waals surface area contributed by atoms with Gasteiger partial charge < -0.3 is 21.0 Å². The molecule has 3 aliphatic rings. The van der Waals surface area contributed by atoms with Crippen molar-refractivity contribution in [2.45, 2.75) is 18.5 Å². The maximum absolute atomic E-state index is 12.2. The second kappa shape index (κ2) is 7.08. The van der Waals surface area contributed by atoms with Gasteiger partial charge in [-0.25, -0.2) is 14.5 Å². The largest absolute Gasteiger partial charge is 0.352 e. The van der Waals surface area contributed by atoms with Crippen LogP contribution in [0.25, 0.3) is 11.4 Å². The van der Waals surface area contributed by atoms with Crippen molar-refractivity contribution in [3.8, 4) is 11.4 Å². The number of aromatic nitrogens is 4. The van der Waals surface area contributed by atoms with Crippen LogP contribution in [0.5, 0.6) is 0 Å². The van der Waals surface area contributed by atoms with Gasteiger partial charge in [-0.1, -0.05) is 30.3 Å². The number of nitrogens with two attached hydrogens (primary N) is 1. The van der Waals surface area contributed by atoms with E-state index < -0.39 is 11.7 Å². The highest BCUT2D eigenvalue weighted by molar-refractivity contribution is 5.73. The molecule has 4 rings (SSSR count). The lowest BCUT2D eigenvalue weighted by Gasteiger charge is -2.45. The Bertz CT molecular complexity index is 991. The zero-order valence-corrected chi connectivity index (χ0v) is 15.6. The van der Waals surface area contributed by atoms with Gasteiger partial charge in [0.05, 0.1) is 0 Å². The number of nitrogens with one attached hydrogen (secondary N) is 2. The van der Waals surface area contributed by atoms with Crippen LogP contribution in [0.1, 0.15) is 18.4 Å². The van der Waals surface area contributed by atoms with Gasteiger partial charge in [0, 0.05) is 12.1 Å². The molecule has 1 saturated heterocycles. The molecule has 1 fully saturated rings. The summed E-state index contributed by atoms with van der Waals surface area (Å²) in [5.74, 6) is 0.465. The van der Waals surface area contributed by atoms with Gasteiger partial charge in [-0.3, -0.25) is 4.79 Å². The second-order valence-corrected chi connectivity index (χ2v) is 7.22. The lowest BCUT2D eigenvalue weighted by Crippen LogP contribution is -2.60. The Morgan fingerprint density at radius 1 is 1.25 bits per heavy atom. The first-order valence-electron chi connectivity index (χ1n) is 9.25. The summed E-state index contributed by atoms with van der Waals surface area (Å²) in [6.07, 6.45) is 4.50. The van der Waals surface area contributed by atoms with Crippen molar-refractivity contribution >= 4 is 6.03 Å². The third-order valence-corrected chi connectivity index (χ3v) is 5.57. The molecule has 0 bridgehead atoms. The van der Waals surface area contributed by atoms with Crippen LogP contribution in [0.3, 0.4) is 0 Å². The lowest BCUT2D eigenvalue weighted by molar-refractivity contribution is 0.0924. The molecule has 28 heavy (non-hydrogen) atoms. The molecular formula is C19H23N7O2. The molecule has 9 heteroatoms. The number of amides is 2. The number of nitrogens with zero attached hydrogens (tertiary/aromatic N) is 4. The molecule has 1 atom stereocenters. The molecule has 0 saturated carbocycles. The minimum Gasteiger partial charge on any atom is -0.352 e. The third kappa shape index (κ3) is 2.93. The van der Waals surface area contributed by atoms with E-state index >= 15 is 0 Å². The molecule has 0 radical (unpaired) electrons. The molecule has 0 aliphatic carbocycles. The Hall–Kier alpha value is -3.20. The van der Waals surface area contributed by atoms with E-state index in [4.69, 9.17) is 5.73 Å². The maximum atomic E-state index is 12.2. The number of primary amides is 1. The number of likely N-dealkylation sites (tertiary alicyclic amines) is 1. The van der Waals surface area contributed by atoms with E-state index in [1.54, 1.807) is 10.9 Å². The van der Waals surface area contributed by atoms with Crippen LogP contribution >= 0.6 is 0 Å². The fourth-order valence-electron chi connectivity index (χ4n) is 4.22. The molecular weight excluding hydrogens is 358 g/mol. The molecule has 4 N–H and O–H groups in total. The number of H-pyrrole nitrogens is 1. The van der Waals surface area contributed by atoms with Crippen LogP contribution in [0.15, 0.2) is 47.7 Å². The fraction of sp³-hybridized carbons (Fsp3) is 0.368. The number of hydrogen-bond donors (Lipinski definition) is 3. The van der Waals surface area contributed by atoms with Gasteiger partial charge in [-0.05, 0) is 38.5 Å². The van der Waals surface area contributed by atoms with E-state index in [0.717, 1.165) is 31.5 Å². The fourth-order valence-corrected chi connectivity index (χ4v) is 4.22. The van der Waals surface area contributed by atoms with Gasteiger partial charge in [-0.2, -0.15) is 4.98 Å². The first-order chi connectivity index (χ1) is 13.5. The molecule has 146 valence electrons. The van der Waals surface area contributed by atoms with E-state index in [-0.39, 0.29) is 11.5 Å². The molecule has 3 aliphatic heterocycles. The quantitative estimate of drug-likeness (QED) is 0.617. The molecule has 2 amide bonds. The highest BCUT2D eigenvalue weighted by atomic mass is 16.2. The lowest BCUT2D eigenvalue weighted by atomic mass is 9.79. The Morgan fingerprint density at radius 2 is 1.96 bits per heavy atom. The number of rotatable bonds is 4. The van der Waals surface area contributed by atoms with Crippen LogP contribution in [-0.4, -0.2) is 50.8 Å². The number of hydrogen-bond acceptors (Lipinski definition) is 5. The van der Waals surface area contributed by atoms with Crippen LogP contribution < -0.4 is 16.6 Å². The standard InChI is InChI=1S/C19H23N7O2/c1-25-9-7-14(8-10-25)19(24-18(20)28,13-5-3-2-4-6-13)26-16-15(11-23-26)17(27)22-12-21-16/h2-6,11-12,14,23H,7-10H2,1H3,(H3,20,24,28). The average Bonchev–Trinajstić information content (AvgIpc) is 3.13. The predicted molar refractivity (Wildman–Crippen MR) is 104 cm³/mol. The van der Waals surface area contributed by atoms with Crippen LogP contribution in [-0.2, 0) is 5.66 Å². The van der Waals surface area contributed by atoms with Crippen molar-refractivity contribution in [3.63, 3.8) is 0 Å². The second-order valence-electron chi connectivity index (χ2n) is 7.22. The van der Waals surface area contributed by atoms with E-state index in [2.05, 4.69) is 32.3 Å². The highest BCUT2D eigenvalue weighted by Crippen LogP contribution is 2.39. The summed E-state index contributed by atoms with van der Waals surface area (Å²) in [5.41, 5.74) is 5.50. The Kier molecular flexibility index (Phi) is 4.60. The molecule has 9 nitrogen and oxygen atoms in total. The number of fused-ring (bicyclic) bond motifs is 1. The minimum atomic E-state index is -1.00. The highest BCUT2D eigenvalue weighted by Gasteiger charge is 2.46. The maximum Gasteiger partial charge on any atom is 0.314 e. The summed E-state index contributed by atoms with van der Waals surface area (Å²) in [4.78, 5) is 34.7. The molecule has 1 aromatic carbocycles. The van der Waals surface area contributed by atoms with E-state index in [1.165, 1.54) is 6.33 Å². The van der Waals surface area contributed by atoms with Crippen LogP contribution in [0.2, 0.25) is 0 Å². The number of piperidine rings is 1. The van der Waals surface area contributed by atoms with Crippen molar-refractivity contribution < 1.29 is 4.79 Å². The SMILES string of the molecule is CN1CCC(C(NC(N)=O)(c2ccccc2)n2[nH]cc3c(=O)ncnc2-3)CC1. The number of urea groups is 1. The smallest absolute Gasteiger partial charge is 0.314 e. The van der Waals surface area contributed by atoms with Crippen molar-refractivity contribution in [3.05, 3.63) is 58.8 Å². The number of carbonyl (C=O) groups is 1. The Morgan fingerprint density at radius 3 is 2.64 bits per heavy atom. The number of aromatic amines is 1. The first kappa shape index (κ1) is 18.2. The Labute approximate surface area is 161 Å². The molecule has 3 heterocycles. The van der Waals surface area contributed by atoms with E-state index in [9.17, 15) is 9.59 Å². The molecule has 1 unspecified atom stereocenters. The van der Waals surface area contributed by atoms with Crippen LogP contribution in [0.4, 0.5) is 4.79 Å². The minimum absolute atomic E-state index is 0.0375. The molecule has 0 aromatic heterocycles. The Balaban J connectivity index is 1.96. The van der Waals surface area contributed by atoms with E-state index in [1.807, 2.05) is 30.3 Å². The third-order valence-electron chi connectivity index (χ3n) is 5.57. The summed E-state index contributed by atoms with van der Waals surface area (Å²) in [6.45, 7) is 1.78. The van der Waals surface area contributed by atoms with Gasteiger partial charge in [-0.15, -0.1) is 0 Å². The summed E-state index contributed by atoms with van der Waals surface area (Å²) in [7, 11) is 2.08. The summed E-state index contributed by atoms with van der Waals surface area (Å²) in [6, 6.07) is 9.01. The zero-order valence-electron chi connectivity index (χ0n) is 15.6.